The van der Waals surface area contributed by atoms with Gasteiger partial charge in [-0.05, 0) is 83.5 Å². The minimum atomic E-state index is -1.98. The van der Waals surface area contributed by atoms with E-state index in [9.17, 15) is 61.0 Å². The molecule has 3 fully saturated rings. The molecule has 0 saturated carbocycles. The highest BCUT2D eigenvalue weighted by Gasteiger charge is 2.53. The third kappa shape index (κ3) is 30.7. The predicted octanol–water partition coefficient (Wildman–Crippen LogP) is 6.93. The molecule has 17 unspecified atom stereocenters. The van der Waals surface area contributed by atoms with Crippen molar-refractivity contribution < 1.29 is 89.4 Å². The van der Waals surface area contributed by atoms with Gasteiger partial charge in [-0.2, -0.15) is 0 Å². The first-order valence-corrected chi connectivity index (χ1v) is 32.0. The van der Waals surface area contributed by atoms with Gasteiger partial charge in [0.2, 0.25) is 5.91 Å². The van der Waals surface area contributed by atoms with Crippen LogP contribution in [-0.4, -0.2) is 193 Å². The number of allylic oxidation sites excluding steroid dienone is 15. The molecule has 0 bridgehead atoms. The third-order valence-electron chi connectivity index (χ3n) is 15.4. The van der Waals surface area contributed by atoms with Crippen LogP contribution >= 0.6 is 0 Å². The number of hydrogen-bond donors (Lipinski definition) is 12. The lowest BCUT2D eigenvalue weighted by molar-refractivity contribution is -0.379. The smallest absolute Gasteiger partial charge is 0.220 e. The van der Waals surface area contributed by atoms with Crippen LogP contribution in [0, 0.1) is 0 Å². The Hall–Kier alpha value is -3.29. The van der Waals surface area contributed by atoms with E-state index in [1.807, 2.05) is 6.08 Å². The molecule has 1 amide bonds. The lowest BCUT2D eigenvalue weighted by Crippen LogP contribution is -2.66. The van der Waals surface area contributed by atoms with Crippen LogP contribution in [-0.2, 0) is 33.2 Å². The van der Waals surface area contributed by atoms with Crippen molar-refractivity contribution in [3.63, 3.8) is 0 Å². The summed E-state index contributed by atoms with van der Waals surface area (Å²) in [4.78, 5) is 13.3. The molecule has 85 heavy (non-hydrogen) atoms. The zero-order chi connectivity index (χ0) is 61.9. The summed E-state index contributed by atoms with van der Waals surface area (Å²) in [5, 5.41) is 120. The summed E-state index contributed by atoms with van der Waals surface area (Å²) in [6.45, 7) is 1.53. The normalized spacial score (nSPS) is 29.6. The second kappa shape index (κ2) is 47.7. The Bertz CT molecular complexity index is 1920. The van der Waals surface area contributed by atoms with E-state index in [1.165, 1.54) is 57.8 Å². The van der Waals surface area contributed by atoms with Gasteiger partial charge in [0.1, 0.15) is 73.2 Å². The predicted molar refractivity (Wildman–Crippen MR) is 327 cm³/mol. The van der Waals surface area contributed by atoms with Gasteiger partial charge in [-0.1, -0.05) is 188 Å². The molecule has 3 rings (SSSR count). The zero-order valence-corrected chi connectivity index (χ0v) is 51.0. The van der Waals surface area contributed by atoms with Gasteiger partial charge < -0.3 is 89.9 Å². The number of ether oxygens (including phenoxy) is 6. The Morgan fingerprint density at radius 2 is 0.824 bits per heavy atom. The second-order valence-electron chi connectivity index (χ2n) is 22.5. The lowest BCUT2D eigenvalue weighted by Gasteiger charge is -2.48. The number of unbranched alkanes of at least 4 members (excludes halogenated alkanes) is 16. The maximum atomic E-state index is 13.3. The molecule has 3 aliphatic heterocycles. The van der Waals surface area contributed by atoms with Crippen molar-refractivity contribution in [2.45, 2.75) is 285 Å². The highest BCUT2D eigenvalue weighted by Crippen LogP contribution is 2.33. The Morgan fingerprint density at radius 3 is 1.32 bits per heavy atom. The van der Waals surface area contributed by atoms with E-state index in [4.69, 9.17) is 28.4 Å². The molecule has 0 spiro atoms. The molecule has 0 radical (unpaired) electrons. The average molecular weight is 1210 g/mol. The van der Waals surface area contributed by atoms with Crippen LogP contribution < -0.4 is 5.32 Å². The molecular formula is C66H111NO18. The molecule has 0 aromatic carbocycles. The largest absolute Gasteiger partial charge is 0.394 e. The first-order chi connectivity index (χ1) is 41.3. The average Bonchev–Trinajstić information content (AvgIpc) is 3.05. The van der Waals surface area contributed by atoms with Gasteiger partial charge in [0.05, 0.1) is 38.6 Å². The minimum Gasteiger partial charge on any atom is -0.394 e. The van der Waals surface area contributed by atoms with Gasteiger partial charge in [-0.15, -0.1) is 0 Å². The number of rotatable bonds is 46. The van der Waals surface area contributed by atoms with Crippen LogP contribution in [0.5, 0.6) is 0 Å². The third-order valence-corrected chi connectivity index (χ3v) is 15.4. The van der Waals surface area contributed by atoms with Crippen molar-refractivity contribution in [3.8, 4) is 0 Å². The number of carbonyl (C=O) groups is 1. The van der Waals surface area contributed by atoms with E-state index < -0.39 is 124 Å². The molecule has 0 aromatic heterocycles. The Labute approximate surface area is 507 Å². The van der Waals surface area contributed by atoms with Crippen molar-refractivity contribution in [2.75, 3.05) is 26.4 Å². The van der Waals surface area contributed by atoms with Crippen LogP contribution in [0.2, 0.25) is 0 Å². The molecule has 19 nitrogen and oxygen atoms in total. The lowest BCUT2D eigenvalue weighted by atomic mass is 9.96. The summed E-state index contributed by atoms with van der Waals surface area (Å²) in [6, 6.07) is -0.997. The van der Waals surface area contributed by atoms with E-state index in [0.29, 0.717) is 12.8 Å². The Balaban J connectivity index is 1.41. The van der Waals surface area contributed by atoms with E-state index in [1.54, 1.807) is 6.08 Å². The summed E-state index contributed by atoms with van der Waals surface area (Å²) < 4.78 is 34.2. The Morgan fingerprint density at radius 1 is 0.435 bits per heavy atom. The molecule has 3 heterocycles. The van der Waals surface area contributed by atoms with Crippen LogP contribution in [0.1, 0.15) is 181 Å². The molecule has 3 saturated heterocycles. The van der Waals surface area contributed by atoms with Crippen molar-refractivity contribution in [1.29, 1.82) is 0 Å². The molecule has 12 N–H and O–H groups in total. The molecule has 0 aliphatic carbocycles. The first-order valence-electron chi connectivity index (χ1n) is 32.0. The van der Waals surface area contributed by atoms with Crippen molar-refractivity contribution >= 4 is 5.91 Å². The summed E-state index contributed by atoms with van der Waals surface area (Å²) in [6.07, 6.45) is 34.0. The van der Waals surface area contributed by atoms with Crippen molar-refractivity contribution in [3.05, 3.63) is 97.2 Å². The van der Waals surface area contributed by atoms with Gasteiger partial charge in [0.25, 0.3) is 0 Å². The molecule has 0 aromatic rings. The highest BCUT2D eigenvalue weighted by molar-refractivity contribution is 5.76. The standard InChI is InChI=1S/C66H111NO18/c1-3-5-7-9-11-13-15-16-17-18-19-20-21-22-23-24-25-26-27-28-29-30-31-32-34-36-38-40-42-44-54(72)67-49(50(71)43-41-39-37-35-33-14-12-10-8-6-4-2)48-80-64-60(78)57(75)62(52(46-69)82-64)85-66-61(79)58(76)63(53(47-70)83-66)84-65-59(77)56(74)55(73)51(45-68)81-65/h5,7,11,13,16-17,19-20,22-23,25-26,33,35,41,43,49-53,55-66,68-71,73-79H,3-4,6,8-10,12,14-15,18,21,24,27-32,34,36-40,42,44-48H2,1-2H3,(H,67,72)/b7-5-,13-11-,17-16-,20-19-,23-22-,26-25-,35-33+,43-41+. The SMILES string of the molecule is CC/C=C\C/C=C\C/C=C\C/C=C\C/C=C\C/C=C\CCCCCCCCCCCCC(=O)NC(COC1OC(CO)C(OC2OC(CO)C(OC3OC(CO)C(O)C(O)C3O)C(O)C2O)C(O)C1O)C(O)/C=C/CC/C=C/CCCCCCC. The van der Waals surface area contributed by atoms with Gasteiger partial charge in [0.15, 0.2) is 18.9 Å². The first kappa shape index (κ1) is 76.0. The van der Waals surface area contributed by atoms with Crippen molar-refractivity contribution in [1.82, 2.24) is 5.32 Å². The van der Waals surface area contributed by atoms with Crippen LogP contribution in [0.4, 0.5) is 0 Å². The number of nitrogens with one attached hydrogen (secondary N) is 1. The number of hydrogen-bond acceptors (Lipinski definition) is 18. The zero-order valence-electron chi connectivity index (χ0n) is 51.0. The maximum absolute atomic E-state index is 13.3. The van der Waals surface area contributed by atoms with Crippen LogP contribution in [0.3, 0.4) is 0 Å². The van der Waals surface area contributed by atoms with E-state index in [0.717, 1.165) is 89.9 Å². The van der Waals surface area contributed by atoms with Crippen molar-refractivity contribution in [2.24, 2.45) is 0 Å². The summed E-state index contributed by atoms with van der Waals surface area (Å²) in [5.41, 5.74) is 0. The number of aliphatic hydroxyl groups is 11. The molecule has 488 valence electrons. The number of aliphatic hydroxyl groups excluding tert-OH is 11. The molecule has 17 atom stereocenters. The topological polar surface area (TPSA) is 307 Å². The van der Waals surface area contributed by atoms with E-state index in [2.05, 4.69) is 104 Å². The maximum Gasteiger partial charge on any atom is 0.220 e. The number of amides is 1. The monoisotopic (exact) mass is 1210 g/mol. The molecule has 19 heteroatoms. The quantitative estimate of drug-likeness (QED) is 0.0217. The second-order valence-corrected chi connectivity index (χ2v) is 22.5. The van der Waals surface area contributed by atoms with Gasteiger partial charge >= 0.3 is 0 Å². The fraction of sp³-hybridized carbons (Fsp3) is 0.742. The minimum absolute atomic E-state index is 0.224. The summed E-state index contributed by atoms with van der Waals surface area (Å²) in [7, 11) is 0. The number of carbonyl (C=O) groups excluding carboxylic acids is 1. The Kier molecular flexibility index (Phi) is 42.6. The van der Waals surface area contributed by atoms with Gasteiger partial charge in [-0.25, -0.2) is 0 Å². The van der Waals surface area contributed by atoms with E-state index in [-0.39, 0.29) is 18.9 Å². The fourth-order valence-corrected chi connectivity index (χ4v) is 10.1. The fourth-order valence-electron chi connectivity index (χ4n) is 10.1. The highest BCUT2D eigenvalue weighted by atomic mass is 16.8. The van der Waals surface area contributed by atoms with E-state index >= 15 is 0 Å². The molecular weight excluding hydrogens is 1090 g/mol. The van der Waals surface area contributed by atoms with Gasteiger partial charge in [-0.3, -0.25) is 4.79 Å². The molecule has 3 aliphatic rings. The summed E-state index contributed by atoms with van der Waals surface area (Å²) >= 11 is 0. The summed E-state index contributed by atoms with van der Waals surface area (Å²) in [5.74, 6) is -0.297. The van der Waals surface area contributed by atoms with Crippen LogP contribution in [0.25, 0.3) is 0 Å². The van der Waals surface area contributed by atoms with Crippen LogP contribution in [0.15, 0.2) is 97.2 Å². The van der Waals surface area contributed by atoms with Gasteiger partial charge in [0, 0.05) is 6.42 Å².